The number of nitrogens with two attached hydrogens (primary N) is 1. The molecular weight excluding hydrogens is 266 g/mol. The van der Waals surface area contributed by atoms with Crippen molar-refractivity contribution in [3.63, 3.8) is 0 Å². The summed E-state index contributed by atoms with van der Waals surface area (Å²) < 4.78 is 1.90. The summed E-state index contributed by atoms with van der Waals surface area (Å²) in [5.74, 6) is 1.55. The van der Waals surface area contributed by atoms with Crippen LogP contribution in [0.25, 0.3) is 11.4 Å². The molecule has 1 fully saturated rings. The van der Waals surface area contributed by atoms with Crippen LogP contribution in [0.15, 0.2) is 12.4 Å². The fourth-order valence-electron chi connectivity index (χ4n) is 2.58. The maximum atomic E-state index is 5.85. The lowest BCUT2D eigenvalue weighted by Crippen LogP contribution is -2.31. The number of hydrogen-bond acceptors (Lipinski definition) is 6. The molecule has 0 amide bonds. The molecule has 0 saturated carbocycles. The number of piperidine rings is 1. The standard InChI is InChI=1S/C14H21N7/c1-2-6-21-10-11(9-16-21)12-17-13(15)19-14(18-12)20-7-4-3-5-8-20/h9-10H,2-8H2,1H3,(H2,15,17,18,19). The summed E-state index contributed by atoms with van der Waals surface area (Å²) in [6, 6.07) is 0. The average Bonchev–Trinajstić information content (AvgIpc) is 2.97. The molecule has 2 N–H and O–H groups in total. The highest BCUT2D eigenvalue weighted by Crippen LogP contribution is 2.20. The van der Waals surface area contributed by atoms with Crippen molar-refractivity contribution in [1.29, 1.82) is 0 Å². The first-order valence-electron chi connectivity index (χ1n) is 7.55. The fraction of sp³-hybridized carbons (Fsp3) is 0.571. The van der Waals surface area contributed by atoms with Gasteiger partial charge in [0, 0.05) is 25.8 Å². The topological polar surface area (TPSA) is 85.8 Å². The zero-order valence-corrected chi connectivity index (χ0v) is 12.4. The zero-order chi connectivity index (χ0) is 14.7. The number of aromatic nitrogens is 5. The van der Waals surface area contributed by atoms with Crippen LogP contribution in [0.4, 0.5) is 11.9 Å². The van der Waals surface area contributed by atoms with E-state index in [-0.39, 0.29) is 5.95 Å². The molecule has 0 spiro atoms. The molecule has 3 heterocycles. The minimum absolute atomic E-state index is 0.267. The molecule has 1 saturated heterocycles. The molecule has 0 aliphatic carbocycles. The van der Waals surface area contributed by atoms with E-state index in [9.17, 15) is 0 Å². The summed E-state index contributed by atoms with van der Waals surface area (Å²) in [7, 11) is 0. The van der Waals surface area contributed by atoms with Gasteiger partial charge >= 0.3 is 0 Å². The molecule has 0 bridgehead atoms. The van der Waals surface area contributed by atoms with E-state index in [1.54, 1.807) is 6.20 Å². The van der Waals surface area contributed by atoms with Crippen LogP contribution in [0.3, 0.4) is 0 Å². The first-order valence-corrected chi connectivity index (χ1v) is 7.55. The molecule has 1 aliphatic heterocycles. The van der Waals surface area contributed by atoms with Gasteiger partial charge in [-0.25, -0.2) is 0 Å². The lowest BCUT2D eigenvalue weighted by atomic mass is 10.1. The Morgan fingerprint density at radius 1 is 1.14 bits per heavy atom. The van der Waals surface area contributed by atoms with E-state index < -0.39 is 0 Å². The van der Waals surface area contributed by atoms with E-state index in [0.717, 1.165) is 31.6 Å². The summed E-state index contributed by atoms with van der Waals surface area (Å²) in [5.41, 5.74) is 6.74. The summed E-state index contributed by atoms with van der Waals surface area (Å²) in [4.78, 5) is 15.3. The van der Waals surface area contributed by atoms with E-state index in [0.29, 0.717) is 11.8 Å². The predicted molar refractivity (Wildman–Crippen MR) is 81.8 cm³/mol. The van der Waals surface area contributed by atoms with E-state index in [4.69, 9.17) is 5.73 Å². The first-order chi connectivity index (χ1) is 10.3. The highest BCUT2D eigenvalue weighted by atomic mass is 15.3. The Morgan fingerprint density at radius 2 is 1.95 bits per heavy atom. The third-order valence-electron chi connectivity index (χ3n) is 3.62. The third kappa shape index (κ3) is 3.12. The van der Waals surface area contributed by atoms with E-state index in [1.807, 2.05) is 10.9 Å². The van der Waals surface area contributed by atoms with Crippen LogP contribution in [-0.4, -0.2) is 37.8 Å². The Morgan fingerprint density at radius 3 is 2.71 bits per heavy atom. The largest absolute Gasteiger partial charge is 0.368 e. The summed E-state index contributed by atoms with van der Waals surface area (Å²) in [5, 5.41) is 4.32. The van der Waals surface area contributed by atoms with Gasteiger partial charge in [0.2, 0.25) is 11.9 Å². The molecule has 0 unspecified atom stereocenters. The number of nitrogens with zero attached hydrogens (tertiary/aromatic N) is 6. The minimum atomic E-state index is 0.267. The third-order valence-corrected chi connectivity index (χ3v) is 3.62. The summed E-state index contributed by atoms with van der Waals surface area (Å²) in [6.45, 7) is 4.98. The van der Waals surface area contributed by atoms with Gasteiger partial charge in [-0.3, -0.25) is 4.68 Å². The molecule has 0 aromatic carbocycles. The summed E-state index contributed by atoms with van der Waals surface area (Å²) in [6.07, 6.45) is 8.40. The van der Waals surface area contributed by atoms with Gasteiger partial charge in [0.05, 0.1) is 11.8 Å². The van der Waals surface area contributed by atoms with Crippen molar-refractivity contribution in [3.05, 3.63) is 12.4 Å². The molecule has 1 aliphatic rings. The van der Waals surface area contributed by atoms with Gasteiger partial charge < -0.3 is 10.6 Å². The van der Waals surface area contributed by atoms with Crippen LogP contribution in [-0.2, 0) is 6.54 Å². The average molecular weight is 287 g/mol. The second kappa shape index (κ2) is 6.07. The van der Waals surface area contributed by atoms with E-state index in [1.165, 1.54) is 19.3 Å². The number of anilines is 2. The fourth-order valence-corrected chi connectivity index (χ4v) is 2.58. The van der Waals surface area contributed by atoms with Crippen LogP contribution < -0.4 is 10.6 Å². The zero-order valence-electron chi connectivity index (χ0n) is 12.4. The van der Waals surface area contributed by atoms with Crippen molar-refractivity contribution in [2.75, 3.05) is 23.7 Å². The second-order valence-electron chi connectivity index (χ2n) is 5.36. The molecule has 7 heteroatoms. The molecule has 21 heavy (non-hydrogen) atoms. The second-order valence-corrected chi connectivity index (χ2v) is 5.36. The smallest absolute Gasteiger partial charge is 0.230 e. The van der Waals surface area contributed by atoms with E-state index in [2.05, 4.69) is 31.9 Å². The predicted octanol–water partition coefficient (Wildman–Crippen LogP) is 1.72. The monoisotopic (exact) mass is 287 g/mol. The molecule has 2 aromatic heterocycles. The van der Waals surface area contributed by atoms with Crippen molar-refractivity contribution in [2.24, 2.45) is 0 Å². The maximum Gasteiger partial charge on any atom is 0.230 e. The van der Waals surface area contributed by atoms with E-state index >= 15 is 0 Å². The Bertz CT molecular complexity index is 601. The molecule has 0 radical (unpaired) electrons. The lowest BCUT2D eigenvalue weighted by molar-refractivity contribution is 0.568. The highest BCUT2D eigenvalue weighted by molar-refractivity contribution is 5.55. The number of nitrogen functional groups attached to an aromatic ring is 1. The Labute approximate surface area is 124 Å². The van der Waals surface area contributed by atoms with Gasteiger partial charge in [-0.1, -0.05) is 6.92 Å². The molecule has 112 valence electrons. The molecule has 2 aromatic rings. The van der Waals surface area contributed by atoms with Crippen molar-refractivity contribution >= 4 is 11.9 Å². The van der Waals surface area contributed by atoms with Gasteiger partial charge in [-0.15, -0.1) is 0 Å². The Balaban J connectivity index is 1.89. The van der Waals surface area contributed by atoms with Gasteiger partial charge in [-0.2, -0.15) is 20.1 Å². The Kier molecular flexibility index (Phi) is 3.98. The van der Waals surface area contributed by atoms with Gasteiger partial charge in [0.1, 0.15) is 0 Å². The number of rotatable bonds is 4. The van der Waals surface area contributed by atoms with Crippen molar-refractivity contribution in [1.82, 2.24) is 24.7 Å². The molecule has 0 atom stereocenters. The quantitative estimate of drug-likeness (QED) is 0.921. The lowest BCUT2D eigenvalue weighted by Gasteiger charge is -2.26. The van der Waals surface area contributed by atoms with Crippen molar-refractivity contribution < 1.29 is 0 Å². The maximum absolute atomic E-state index is 5.85. The molecule has 7 nitrogen and oxygen atoms in total. The van der Waals surface area contributed by atoms with Gasteiger partial charge in [0.15, 0.2) is 5.82 Å². The highest BCUT2D eigenvalue weighted by Gasteiger charge is 2.16. The normalized spacial score (nSPS) is 15.4. The van der Waals surface area contributed by atoms with Crippen molar-refractivity contribution in [3.8, 4) is 11.4 Å². The van der Waals surface area contributed by atoms with Crippen LogP contribution in [0.2, 0.25) is 0 Å². The SMILES string of the molecule is CCCn1cc(-c2nc(N)nc(N3CCCCC3)n2)cn1. The molecular formula is C14H21N7. The van der Waals surface area contributed by atoms with Crippen LogP contribution in [0.5, 0.6) is 0 Å². The minimum Gasteiger partial charge on any atom is -0.368 e. The number of hydrogen-bond donors (Lipinski definition) is 1. The summed E-state index contributed by atoms with van der Waals surface area (Å²) >= 11 is 0. The number of aryl methyl sites for hydroxylation is 1. The van der Waals surface area contributed by atoms with Crippen molar-refractivity contribution in [2.45, 2.75) is 39.2 Å². The van der Waals surface area contributed by atoms with Gasteiger partial charge in [-0.05, 0) is 25.7 Å². The first kappa shape index (κ1) is 13.8. The van der Waals surface area contributed by atoms with Gasteiger partial charge in [0.25, 0.3) is 0 Å². The van der Waals surface area contributed by atoms with Crippen LogP contribution in [0.1, 0.15) is 32.6 Å². The van der Waals surface area contributed by atoms with Crippen LogP contribution in [0, 0.1) is 0 Å². The van der Waals surface area contributed by atoms with Crippen LogP contribution >= 0.6 is 0 Å². The Hall–Kier alpha value is -2.18. The molecule has 3 rings (SSSR count).